The number of carbonyl (C=O) groups is 2. The summed E-state index contributed by atoms with van der Waals surface area (Å²) in [5, 5.41) is 14.5. The molecular formula is C27H21ClN2O4. The number of nitrogens with zero attached hydrogens (tertiary/aromatic N) is 1. The minimum absolute atomic E-state index is 0.203. The van der Waals surface area contributed by atoms with Gasteiger partial charge in [-0.25, -0.2) is 4.79 Å². The van der Waals surface area contributed by atoms with E-state index in [2.05, 4.69) is 5.32 Å². The van der Waals surface area contributed by atoms with Crippen molar-refractivity contribution in [3.05, 3.63) is 106 Å². The number of carboxylic acid groups (broad SMARTS) is 1. The Bertz CT molecular complexity index is 1510. The molecule has 0 saturated heterocycles. The standard InChI is InChI=1S/C27H21ClN2O4/c1-16(18-4-6-19(7-5-18)27(32)33)29-26(31)23-14-20-11-13-34-25(20)22-10-12-30(24(22)23)15-17-2-8-21(28)9-3-17/h2-14,16H,15H2,1H3,(H,29,31)(H,32,33)/t16-/m0/s1. The highest BCUT2D eigenvalue weighted by molar-refractivity contribution is 6.30. The van der Waals surface area contributed by atoms with Crippen LogP contribution in [0.4, 0.5) is 0 Å². The number of carbonyl (C=O) groups excluding carboxylic acids is 1. The molecule has 0 fully saturated rings. The van der Waals surface area contributed by atoms with Gasteiger partial charge in [-0.05, 0) is 60.5 Å². The van der Waals surface area contributed by atoms with E-state index in [0.717, 1.165) is 33.0 Å². The molecule has 0 aliphatic heterocycles. The maximum absolute atomic E-state index is 13.5. The van der Waals surface area contributed by atoms with Crippen LogP contribution < -0.4 is 5.32 Å². The Balaban J connectivity index is 1.51. The molecule has 2 N–H and O–H groups in total. The summed E-state index contributed by atoms with van der Waals surface area (Å²) >= 11 is 6.03. The van der Waals surface area contributed by atoms with Crippen LogP contribution in [0.25, 0.3) is 21.9 Å². The molecule has 34 heavy (non-hydrogen) atoms. The number of fused-ring (bicyclic) bond motifs is 3. The van der Waals surface area contributed by atoms with Crippen molar-refractivity contribution in [1.82, 2.24) is 9.88 Å². The minimum Gasteiger partial charge on any atom is -0.478 e. The Morgan fingerprint density at radius 3 is 2.50 bits per heavy atom. The van der Waals surface area contributed by atoms with Crippen LogP contribution in [0.3, 0.4) is 0 Å². The Kier molecular flexibility index (Phi) is 5.59. The third-order valence-corrected chi connectivity index (χ3v) is 6.23. The molecule has 170 valence electrons. The molecule has 6 nitrogen and oxygen atoms in total. The van der Waals surface area contributed by atoms with Crippen molar-refractivity contribution in [2.45, 2.75) is 19.5 Å². The number of aromatic carboxylic acids is 1. The van der Waals surface area contributed by atoms with E-state index in [1.165, 1.54) is 12.1 Å². The van der Waals surface area contributed by atoms with Gasteiger partial charge in [-0.15, -0.1) is 0 Å². The van der Waals surface area contributed by atoms with Crippen LogP contribution in [-0.4, -0.2) is 21.6 Å². The van der Waals surface area contributed by atoms with Gasteiger partial charge in [0.15, 0.2) is 0 Å². The third-order valence-electron chi connectivity index (χ3n) is 5.97. The van der Waals surface area contributed by atoms with Gasteiger partial charge in [-0.2, -0.15) is 0 Å². The fourth-order valence-corrected chi connectivity index (χ4v) is 4.32. The van der Waals surface area contributed by atoms with Gasteiger partial charge in [0.2, 0.25) is 0 Å². The fourth-order valence-electron chi connectivity index (χ4n) is 4.19. The maximum atomic E-state index is 13.5. The topological polar surface area (TPSA) is 84.5 Å². The van der Waals surface area contributed by atoms with Crippen LogP contribution in [0, 0.1) is 0 Å². The van der Waals surface area contributed by atoms with Crippen LogP contribution >= 0.6 is 11.6 Å². The van der Waals surface area contributed by atoms with Gasteiger partial charge >= 0.3 is 5.97 Å². The van der Waals surface area contributed by atoms with E-state index in [0.29, 0.717) is 17.1 Å². The first-order valence-electron chi connectivity index (χ1n) is 10.8. The van der Waals surface area contributed by atoms with Crippen molar-refractivity contribution in [3.8, 4) is 0 Å². The Morgan fingerprint density at radius 1 is 1.06 bits per heavy atom. The van der Waals surface area contributed by atoms with Crippen molar-refractivity contribution in [3.63, 3.8) is 0 Å². The van der Waals surface area contributed by atoms with Gasteiger partial charge in [0.05, 0.1) is 28.9 Å². The van der Waals surface area contributed by atoms with E-state index in [4.69, 9.17) is 21.1 Å². The average molecular weight is 473 g/mol. The van der Waals surface area contributed by atoms with Crippen LogP contribution in [0.5, 0.6) is 0 Å². The van der Waals surface area contributed by atoms with Crippen LogP contribution in [0.2, 0.25) is 5.02 Å². The number of furan rings is 1. The number of aromatic nitrogens is 1. The molecule has 0 radical (unpaired) electrons. The van der Waals surface area contributed by atoms with E-state index >= 15 is 0 Å². The third kappa shape index (κ3) is 4.04. The molecule has 2 aromatic heterocycles. The fraction of sp³-hybridized carbons (Fsp3) is 0.111. The largest absolute Gasteiger partial charge is 0.478 e. The molecule has 3 aromatic carbocycles. The second-order valence-corrected chi connectivity index (χ2v) is 8.65. The molecule has 0 spiro atoms. The molecule has 2 heterocycles. The monoisotopic (exact) mass is 472 g/mol. The number of amides is 1. The van der Waals surface area contributed by atoms with Crippen LogP contribution in [-0.2, 0) is 6.54 Å². The lowest BCUT2D eigenvalue weighted by atomic mass is 10.0. The van der Waals surface area contributed by atoms with E-state index in [1.807, 2.05) is 60.2 Å². The van der Waals surface area contributed by atoms with E-state index < -0.39 is 5.97 Å². The molecule has 0 saturated carbocycles. The second kappa shape index (κ2) is 8.72. The predicted octanol–water partition coefficient (Wildman–Crippen LogP) is 6.28. The van der Waals surface area contributed by atoms with Crippen LogP contribution in [0.15, 0.2) is 83.6 Å². The summed E-state index contributed by atoms with van der Waals surface area (Å²) in [6.45, 7) is 2.44. The molecule has 5 aromatic rings. The zero-order valence-electron chi connectivity index (χ0n) is 18.3. The van der Waals surface area contributed by atoms with E-state index in [9.17, 15) is 9.59 Å². The van der Waals surface area contributed by atoms with Crippen molar-refractivity contribution in [1.29, 1.82) is 0 Å². The highest BCUT2D eigenvalue weighted by Gasteiger charge is 2.20. The normalized spacial score (nSPS) is 12.2. The minimum atomic E-state index is -0.986. The number of hydrogen-bond acceptors (Lipinski definition) is 3. The number of hydrogen-bond donors (Lipinski definition) is 2. The first-order valence-corrected chi connectivity index (χ1v) is 11.2. The number of halogens is 1. The van der Waals surface area contributed by atoms with Crippen molar-refractivity contribution in [2.75, 3.05) is 0 Å². The smallest absolute Gasteiger partial charge is 0.335 e. The summed E-state index contributed by atoms with van der Waals surface area (Å²) in [6.07, 6.45) is 3.57. The number of carboxylic acids is 1. The zero-order chi connectivity index (χ0) is 23.8. The molecule has 1 amide bonds. The highest BCUT2D eigenvalue weighted by atomic mass is 35.5. The maximum Gasteiger partial charge on any atom is 0.335 e. The second-order valence-electron chi connectivity index (χ2n) is 8.22. The molecule has 0 aliphatic rings. The number of nitrogens with one attached hydrogen (secondary N) is 1. The lowest BCUT2D eigenvalue weighted by molar-refractivity contribution is 0.0696. The molecular weight excluding hydrogens is 452 g/mol. The lowest BCUT2D eigenvalue weighted by Crippen LogP contribution is -2.27. The van der Waals surface area contributed by atoms with E-state index in [1.54, 1.807) is 18.4 Å². The van der Waals surface area contributed by atoms with Crippen molar-refractivity contribution < 1.29 is 19.1 Å². The Hall–Kier alpha value is -4.03. The number of benzene rings is 3. The molecule has 0 unspecified atom stereocenters. The SMILES string of the molecule is C[C@H](NC(=O)c1cc2ccoc2c2ccn(Cc3ccc(Cl)cc3)c12)c1ccc(C(=O)O)cc1. The van der Waals surface area contributed by atoms with Gasteiger partial charge < -0.3 is 19.4 Å². The molecule has 0 bridgehead atoms. The first kappa shape index (κ1) is 21.8. The van der Waals surface area contributed by atoms with Crippen molar-refractivity contribution in [2.24, 2.45) is 0 Å². The summed E-state index contributed by atoms with van der Waals surface area (Å²) < 4.78 is 7.75. The zero-order valence-corrected chi connectivity index (χ0v) is 19.0. The van der Waals surface area contributed by atoms with Gasteiger partial charge in [-0.3, -0.25) is 4.79 Å². The Morgan fingerprint density at radius 2 is 1.79 bits per heavy atom. The molecule has 7 heteroatoms. The quantitative estimate of drug-likeness (QED) is 0.304. The molecule has 5 rings (SSSR count). The molecule has 0 aliphatic carbocycles. The summed E-state index contributed by atoms with van der Waals surface area (Å²) in [4.78, 5) is 24.6. The lowest BCUT2D eigenvalue weighted by Gasteiger charge is -2.16. The highest BCUT2D eigenvalue weighted by Crippen LogP contribution is 2.31. The number of rotatable bonds is 6. The van der Waals surface area contributed by atoms with Gasteiger partial charge in [0.1, 0.15) is 5.58 Å². The van der Waals surface area contributed by atoms with Crippen molar-refractivity contribution >= 4 is 45.3 Å². The van der Waals surface area contributed by atoms with Gasteiger partial charge in [-0.1, -0.05) is 35.9 Å². The van der Waals surface area contributed by atoms with E-state index in [-0.39, 0.29) is 17.5 Å². The first-order chi connectivity index (χ1) is 16.4. The summed E-state index contributed by atoms with van der Waals surface area (Å²) in [5.41, 5.74) is 4.13. The average Bonchev–Trinajstić information content (AvgIpc) is 3.47. The van der Waals surface area contributed by atoms with Gasteiger partial charge in [0, 0.05) is 28.5 Å². The summed E-state index contributed by atoms with van der Waals surface area (Å²) in [5.74, 6) is -1.21. The summed E-state index contributed by atoms with van der Waals surface area (Å²) in [7, 11) is 0. The Labute approximate surface area is 200 Å². The van der Waals surface area contributed by atoms with Crippen LogP contribution in [0.1, 0.15) is 44.8 Å². The summed E-state index contributed by atoms with van der Waals surface area (Å²) in [6, 6.07) is 19.4. The molecule has 1 atom stereocenters. The van der Waals surface area contributed by atoms with Gasteiger partial charge in [0.25, 0.3) is 5.91 Å². The predicted molar refractivity (Wildman–Crippen MR) is 132 cm³/mol.